The molecule has 0 saturated carbocycles. The minimum atomic E-state index is -4.05. The van der Waals surface area contributed by atoms with Crippen LogP contribution in [0.15, 0.2) is 0 Å². The third-order valence-electron chi connectivity index (χ3n) is 1.30. The number of halogens is 3. The van der Waals surface area contributed by atoms with Gasteiger partial charge in [0.25, 0.3) is 0 Å². The summed E-state index contributed by atoms with van der Waals surface area (Å²) in [5, 5.41) is 0. The van der Waals surface area contributed by atoms with Crippen LogP contribution in [-0.4, -0.2) is 30.7 Å². The van der Waals surface area contributed by atoms with Gasteiger partial charge >= 0.3 is 6.18 Å². The van der Waals surface area contributed by atoms with Crippen LogP contribution in [0, 0.1) is 0 Å². The second-order valence-corrected chi connectivity index (χ2v) is 2.08. The molecule has 0 aromatic carbocycles. The third kappa shape index (κ3) is 7.61. The zero-order valence-corrected chi connectivity index (χ0v) is 6.91. The van der Waals surface area contributed by atoms with E-state index in [1.54, 1.807) is 13.8 Å². The van der Waals surface area contributed by atoms with Crippen molar-refractivity contribution in [2.45, 2.75) is 20.0 Å². The summed E-state index contributed by atoms with van der Waals surface area (Å²) in [5.41, 5.74) is 0. The highest BCUT2D eigenvalue weighted by Crippen LogP contribution is 2.15. The van der Waals surface area contributed by atoms with Gasteiger partial charge in [0.2, 0.25) is 0 Å². The number of alkyl halides is 3. The fraction of sp³-hybridized carbons (Fsp3) is 1.00. The molecule has 70 valence electrons. The quantitative estimate of drug-likeness (QED) is 0.707. The number of nitrogens with zero attached hydrogens (tertiary/aromatic N) is 1. The minimum Gasteiger partial charge on any atom is -0.344 e. The molecule has 0 aliphatic heterocycles. The lowest BCUT2D eigenvalue weighted by Gasteiger charge is -2.19. The molecule has 0 aromatic heterocycles. The zero-order valence-electron chi connectivity index (χ0n) is 6.91. The van der Waals surface area contributed by atoms with Crippen molar-refractivity contribution < 1.29 is 13.2 Å². The van der Waals surface area contributed by atoms with E-state index in [9.17, 15) is 13.2 Å². The summed E-state index contributed by atoms with van der Waals surface area (Å²) in [6.07, 6.45) is -4.05. The lowest BCUT2D eigenvalue weighted by atomic mass is 10.5. The topological polar surface area (TPSA) is 38.2 Å². The first-order valence-corrected chi connectivity index (χ1v) is 3.28. The molecule has 3 N–H and O–H groups in total. The summed E-state index contributed by atoms with van der Waals surface area (Å²) in [5.74, 6) is 0. The molecule has 0 rings (SSSR count). The maximum Gasteiger partial charge on any atom is 0.401 e. The Morgan fingerprint density at radius 3 is 1.55 bits per heavy atom. The Balaban J connectivity index is 0. The zero-order chi connectivity index (χ0) is 8.20. The van der Waals surface area contributed by atoms with Crippen LogP contribution in [0.1, 0.15) is 13.8 Å². The van der Waals surface area contributed by atoms with Crippen LogP contribution in [-0.2, 0) is 0 Å². The Morgan fingerprint density at radius 1 is 1.09 bits per heavy atom. The summed E-state index contributed by atoms with van der Waals surface area (Å²) < 4.78 is 34.9. The maximum atomic E-state index is 11.6. The molecular formula is C6H15F3N2. The Bertz CT molecular complexity index is 88.3. The van der Waals surface area contributed by atoms with Crippen LogP contribution in [0.5, 0.6) is 0 Å². The lowest BCUT2D eigenvalue weighted by molar-refractivity contribution is -0.144. The van der Waals surface area contributed by atoms with Crippen LogP contribution in [0.2, 0.25) is 0 Å². The van der Waals surface area contributed by atoms with Gasteiger partial charge in [0.1, 0.15) is 0 Å². The van der Waals surface area contributed by atoms with E-state index >= 15 is 0 Å². The molecule has 0 atom stereocenters. The van der Waals surface area contributed by atoms with Gasteiger partial charge in [-0.3, -0.25) is 4.90 Å². The second-order valence-electron chi connectivity index (χ2n) is 2.08. The van der Waals surface area contributed by atoms with Gasteiger partial charge in [-0.05, 0) is 13.1 Å². The van der Waals surface area contributed by atoms with Crippen molar-refractivity contribution in [2.24, 2.45) is 0 Å². The van der Waals surface area contributed by atoms with Crippen molar-refractivity contribution in [3.63, 3.8) is 0 Å². The fourth-order valence-electron chi connectivity index (χ4n) is 0.701. The SMILES string of the molecule is CCN(CC)CC(F)(F)F.N. The molecule has 0 heterocycles. The molecule has 0 bridgehead atoms. The van der Waals surface area contributed by atoms with Crippen molar-refractivity contribution in [3.8, 4) is 0 Å². The molecule has 0 fully saturated rings. The molecule has 5 heteroatoms. The maximum absolute atomic E-state index is 11.6. The predicted molar refractivity (Wildman–Crippen MR) is 38.9 cm³/mol. The molecule has 0 spiro atoms. The first kappa shape index (κ1) is 13.3. The molecule has 0 aliphatic carbocycles. The van der Waals surface area contributed by atoms with E-state index in [0.717, 1.165) is 0 Å². The molecular weight excluding hydrogens is 157 g/mol. The van der Waals surface area contributed by atoms with Crippen LogP contribution in [0.4, 0.5) is 13.2 Å². The Morgan fingerprint density at radius 2 is 1.45 bits per heavy atom. The molecule has 2 nitrogen and oxygen atoms in total. The number of hydrogen-bond acceptors (Lipinski definition) is 2. The average Bonchev–Trinajstić information content (AvgIpc) is 1.81. The summed E-state index contributed by atoms with van der Waals surface area (Å²) in [4.78, 5) is 1.33. The smallest absolute Gasteiger partial charge is 0.344 e. The van der Waals surface area contributed by atoms with Crippen molar-refractivity contribution in [3.05, 3.63) is 0 Å². The highest BCUT2D eigenvalue weighted by Gasteiger charge is 2.29. The van der Waals surface area contributed by atoms with Crippen LogP contribution < -0.4 is 6.15 Å². The highest BCUT2D eigenvalue weighted by atomic mass is 19.4. The molecule has 0 unspecified atom stereocenters. The van der Waals surface area contributed by atoms with Crippen molar-refractivity contribution >= 4 is 0 Å². The summed E-state index contributed by atoms with van der Waals surface area (Å²) in [6.45, 7) is 3.55. The molecule has 0 aliphatic rings. The van der Waals surface area contributed by atoms with E-state index in [1.165, 1.54) is 4.90 Å². The van der Waals surface area contributed by atoms with Crippen LogP contribution in [0.25, 0.3) is 0 Å². The summed E-state index contributed by atoms with van der Waals surface area (Å²) >= 11 is 0. The Kier molecular flexibility index (Phi) is 6.50. The van der Waals surface area contributed by atoms with Gasteiger partial charge in [0.15, 0.2) is 0 Å². The molecule has 0 aromatic rings. The van der Waals surface area contributed by atoms with E-state index in [1.807, 2.05) is 0 Å². The molecule has 0 saturated heterocycles. The van der Waals surface area contributed by atoms with Crippen LogP contribution >= 0.6 is 0 Å². The standard InChI is InChI=1S/C6H12F3N.H3N/c1-3-10(4-2)5-6(7,8)9;/h3-5H2,1-2H3;1H3. The number of hydrogen-bond donors (Lipinski definition) is 1. The monoisotopic (exact) mass is 172 g/mol. The van der Waals surface area contributed by atoms with Gasteiger partial charge in [0.05, 0.1) is 6.54 Å². The van der Waals surface area contributed by atoms with Crippen LogP contribution in [0.3, 0.4) is 0 Å². The fourth-order valence-corrected chi connectivity index (χ4v) is 0.701. The Labute approximate surface area is 65.0 Å². The first-order valence-electron chi connectivity index (χ1n) is 3.28. The van der Waals surface area contributed by atoms with Gasteiger partial charge in [-0.2, -0.15) is 13.2 Å². The van der Waals surface area contributed by atoms with Crippen molar-refractivity contribution in [1.29, 1.82) is 0 Å². The molecule has 0 radical (unpaired) electrons. The van der Waals surface area contributed by atoms with Gasteiger partial charge in [-0.25, -0.2) is 0 Å². The third-order valence-corrected chi connectivity index (χ3v) is 1.30. The van der Waals surface area contributed by atoms with E-state index in [2.05, 4.69) is 0 Å². The second kappa shape index (κ2) is 5.37. The highest BCUT2D eigenvalue weighted by molar-refractivity contribution is 4.58. The lowest BCUT2D eigenvalue weighted by Crippen LogP contribution is -2.33. The normalized spacial score (nSPS) is 11.5. The van der Waals surface area contributed by atoms with E-state index < -0.39 is 12.7 Å². The largest absolute Gasteiger partial charge is 0.401 e. The Hall–Kier alpha value is -0.290. The van der Waals surface area contributed by atoms with Crippen molar-refractivity contribution in [1.82, 2.24) is 11.1 Å². The van der Waals surface area contributed by atoms with Gasteiger partial charge < -0.3 is 6.15 Å². The first-order chi connectivity index (χ1) is 4.49. The van der Waals surface area contributed by atoms with Gasteiger partial charge in [0, 0.05) is 0 Å². The number of rotatable bonds is 3. The van der Waals surface area contributed by atoms with E-state index in [4.69, 9.17) is 0 Å². The molecule has 11 heavy (non-hydrogen) atoms. The van der Waals surface area contributed by atoms with Gasteiger partial charge in [-0.15, -0.1) is 0 Å². The summed E-state index contributed by atoms with van der Waals surface area (Å²) in [6, 6.07) is 0. The van der Waals surface area contributed by atoms with E-state index in [0.29, 0.717) is 13.1 Å². The minimum absolute atomic E-state index is 0. The molecule has 0 amide bonds. The predicted octanol–water partition coefficient (Wildman–Crippen LogP) is 2.05. The van der Waals surface area contributed by atoms with E-state index in [-0.39, 0.29) is 6.15 Å². The van der Waals surface area contributed by atoms with Gasteiger partial charge in [-0.1, -0.05) is 13.8 Å². The average molecular weight is 172 g/mol. The van der Waals surface area contributed by atoms with Crippen molar-refractivity contribution in [2.75, 3.05) is 19.6 Å². The summed E-state index contributed by atoms with van der Waals surface area (Å²) in [7, 11) is 0.